The van der Waals surface area contributed by atoms with Crippen LogP contribution in [0.25, 0.3) is 0 Å². The molecule has 1 aromatic heterocycles. The second-order valence-corrected chi connectivity index (χ2v) is 4.95. The highest BCUT2D eigenvalue weighted by Crippen LogP contribution is 2.32. The van der Waals surface area contributed by atoms with Crippen molar-refractivity contribution in [1.82, 2.24) is 9.88 Å². The number of aromatic nitrogens is 1. The number of aliphatic hydroxyl groups is 1. The largest absolute Gasteiger partial charge is 0.416 e. The van der Waals surface area contributed by atoms with E-state index in [4.69, 9.17) is 5.11 Å². The number of hydrogen-bond acceptors (Lipinski definition) is 3. The smallest absolute Gasteiger partial charge is 0.395 e. The molecule has 0 saturated heterocycles. The first-order valence-corrected chi connectivity index (χ1v) is 6.88. The molecule has 1 N–H and O–H groups in total. The van der Waals surface area contributed by atoms with Crippen LogP contribution in [-0.2, 0) is 19.3 Å². The van der Waals surface area contributed by atoms with Crippen LogP contribution in [0.2, 0.25) is 0 Å². The maximum Gasteiger partial charge on any atom is 0.416 e. The Hall–Kier alpha value is -1.92. The second kappa shape index (κ2) is 7.38. The van der Waals surface area contributed by atoms with Gasteiger partial charge in [-0.2, -0.15) is 13.2 Å². The number of hydrogen-bond donors (Lipinski definition) is 1. The molecule has 0 radical (unpaired) electrons. The standard InChI is InChI=1S/C16H17F3N2O/c17-16(18,19)15-6-2-1-5-14(15)12-21(8-9-22)11-13-4-3-7-20-10-13/h1-7,10,22H,8-9,11-12H2. The Kier molecular flexibility index (Phi) is 5.51. The summed E-state index contributed by atoms with van der Waals surface area (Å²) in [5, 5.41) is 9.14. The van der Waals surface area contributed by atoms with Crippen molar-refractivity contribution in [1.29, 1.82) is 0 Å². The minimum atomic E-state index is -4.38. The zero-order valence-electron chi connectivity index (χ0n) is 11.9. The molecule has 2 aromatic rings. The fraction of sp³-hybridized carbons (Fsp3) is 0.312. The minimum absolute atomic E-state index is 0.116. The highest BCUT2D eigenvalue weighted by Gasteiger charge is 2.33. The molecule has 1 aromatic carbocycles. The fourth-order valence-electron chi connectivity index (χ4n) is 2.28. The van der Waals surface area contributed by atoms with Crippen LogP contribution < -0.4 is 0 Å². The van der Waals surface area contributed by atoms with Gasteiger partial charge in [0.15, 0.2) is 0 Å². The normalized spacial score (nSPS) is 11.9. The third-order valence-electron chi connectivity index (χ3n) is 3.26. The van der Waals surface area contributed by atoms with Crippen LogP contribution in [-0.4, -0.2) is 28.1 Å². The van der Waals surface area contributed by atoms with Gasteiger partial charge in [0, 0.05) is 32.0 Å². The summed E-state index contributed by atoms with van der Waals surface area (Å²) in [6, 6.07) is 9.14. The summed E-state index contributed by atoms with van der Waals surface area (Å²) in [5.41, 5.74) is 0.455. The maximum absolute atomic E-state index is 13.0. The molecule has 6 heteroatoms. The van der Waals surface area contributed by atoms with Crippen molar-refractivity contribution in [3.8, 4) is 0 Å². The van der Waals surface area contributed by atoms with Gasteiger partial charge in [0.2, 0.25) is 0 Å². The van der Waals surface area contributed by atoms with Crippen LogP contribution in [0.3, 0.4) is 0 Å². The lowest BCUT2D eigenvalue weighted by molar-refractivity contribution is -0.138. The van der Waals surface area contributed by atoms with Gasteiger partial charge >= 0.3 is 6.18 Å². The number of aliphatic hydroxyl groups excluding tert-OH is 1. The Morgan fingerprint density at radius 1 is 1.05 bits per heavy atom. The van der Waals surface area contributed by atoms with Crippen LogP contribution in [0, 0.1) is 0 Å². The number of nitrogens with zero attached hydrogens (tertiary/aromatic N) is 2. The van der Waals surface area contributed by atoms with Gasteiger partial charge in [0.25, 0.3) is 0 Å². The molecule has 0 fully saturated rings. The zero-order chi connectivity index (χ0) is 16.0. The Labute approximate surface area is 127 Å². The molecule has 0 unspecified atom stereocenters. The Bertz CT molecular complexity index is 587. The number of alkyl halides is 3. The summed E-state index contributed by atoms with van der Waals surface area (Å²) in [6.45, 7) is 0.723. The summed E-state index contributed by atoms with van der Waals surface area (Å²) < 4.78 is 39.1. The first kappa shape index (κ1) is 16.5. The molecule has 0 saturated carbocycles. The van der Waals surface area contributed by atoms with E-state index in [2.05, 4.69) is 4.98 Å². The average molecular weight is 310 g/mol. The molecule has 22 heavy (non-hydrogen) atoms. The molecular weight excluding hydrogens is 293 g/mol. The van der Waals surface area contributed by atoms with Crippen LogP contribution in [0.5, 0.6) is 0 Å². The highest BCUT2D eigenvalue weighted by atomic mass is 19.4. The summed E-state index contributed by atoms with van der Waals surface area (Å²) in [5.74, 6) is 0. The lowest BCUT2D eigenvalue weighted by Crippen LogP contribution is -2.27. The second-order valence-electron chi connectivity index (χ2n) is 4.95. The van der Waals surface area contributed by atoms with E-state index >= 15 is 0 Å². The van der Waals surface area contributed by atoms with E-state index in [0.29, 0.717) is 13.1 Å². The van der Waals surface area contributed by atoms with Crippen LogP contribution >= 0.6 is 0 Å². The lowest BCUT2D eigenvalue weighted by atomic mass is 10.1. The molecule has 118 valence electrons. The van der Waals surface area contributed by atoms with Gasteiger partial charge < -0.3 is 5.11 Å². The first-order valence-electron chi connectivity index (χ1n) is 6.88. The first-order chi connectivity index (χ1) is 10.5. The van der Waals surface area contributed by atoms with Gasteiger partial charge in [-0.1, -0.05) is 24.3 Å². The van der Waals surface area contributed by atoms with Crippen LogP contribution in [0.4, 0.5) is 13.2 Å². The lowest BCUT2D eigenvalue weighted by Gasteiger charge is -2.23. The number of pyridine rings is 1. The van der Waals surface area contributed by atoms with Gasteiger partial charge in [-0.25, -0.2) is 0 Å². The quantitative estimate of drug-likeness (QED) is 0.891. The van der Waals surface area contributed by atoms with E-state index < -0.39 is 11.7 Å². The molecule has 0 aliphatic heterocycles. The van der Waals surface area contributed by atoms with Gasteiger partial charge in [-0.15, -0.1) is 0 Å². The van der Waals surface area contributed by atoms with E-state index in [1.807, 2.05) is 6.07 Å². The van der Waals surface area contributed by atoms with E-state index in [0.717, 1.165) is 11.6 Å². The van der Waals surface area contributed by atoms with Gasteiger partial charge in [-0.3, -0.25) is 9.88 Å². The minimum Gasteiger partial charge on any atom is -0.395 e. The summed E-state index contributed by atoms with van der Waals surface area (Å²) in [6.07, 6.45) is -1.07. The van der Waals surface area contributed by atoms with Crippen molar-refractivity contribution in [3.05, 3.63) is 65.5 Å². The van der Waals surface area contributed by atoms with Crippen molar-refractivity contribution in [2.24, 2.45) is 0 Å². The van der Waals surface area contributed by atoms with E-state index in [-0.39, 0.29) is 18.7 Å². The van der Waals surface area contributed by atoms with Crippen molar-refractivity contribution in [3.63, 3.8) is 0 Å². The molecule has 1 heterocycles. The molecule has 2 rings (SSSR count). The molecule has 0 bridgehead atoms. The average Bonchev–Trinajstić information content (AvgIpc) is 2.48. The molecule has 0 spiro atoms. The topological polar surface area (TPSA) is 36.4 Å². The SMILES string of the molecule is OCCN(Cc1cccnc1)Cc1ccccc1C(F)(F)F. The van der Waals surface area contributed by atoms with Gasteiger partial charge in [-0.05, 0) is 23.3 Å². The fourth-order valence-corrected chi connectivity index (χ4v) is 2.28. The summed E-state index contributed by atoms with van der Waals surface area (Å²) >= 11 is 0. The van der Waals surface area contributed by atoms with Crippen molar-refractivity contribution >= 4 is 0 Å². The highest BCUT2D eigenvalue weighted by molar-refractivity contribution is 5.29. The Morgan fingerprint density at radius 3 is 2.45 bits per heavy atom. The maximum atomic E-state index is 13.0. The number of rotatable bonds is 6. The Balaban J connectivity index is 2.18. The monoisotopic (exact) mass is 310 g/mol. The third-order valence-corrected chi connectivity index (χ3v) is 3.26. The van der Waals surface area contributed by atoms with Gasteiger partial charge in [0.05, 0.1) is 12.2 Å². The molecular formula is C16H17F3N2O. The molecule has 0 aliphatic carbocycles. The molecule has 0 atom stereocenters. The Morgan fingerprint density at radius 2 is 1.82 bits per heavy atom. The predicted molar refractivity (Wildman–Crippen MR) is 76.9 cm³/mol. The van der Waals surface area contributed by atoms with Crippen molar-refractivity contribution in [2.75, 3.05) is 13.2 Å². The summed E-state index contributed by atoms with van der Waals surface area (Å²) in [4.78, 5) is 5.76. The third kappa shape index (κ3) is 4.54. The molecule has 0 amide bonds. The van der Waals surface area contributed by atoms with E-state index in [1.54, 1.807) is 29.4 Å². The van der Waals surface area contributed by atoms with Crippen LogP contribution in [0.15, 0.2) is 48.8 Å². The predicted octanol–water partition coefficient (Wildman–Crippen LogP) is 3.09. The summed E-state index contributed by atoms with van der Waals surface area (Å²) in [7, 11) is 0. The van der Waals surface area contributed by atoms with Crippen molar-refractivity contribution in [2.45, 2.75) is 19.3 Å². The van der Waals surface area contributed by atoms with E-state index in [1.165, 1.54) is 12.1 Å². The van der Waals surface area contributed by atoms with E-state index in [9.17, 15) is 13.2 Å². The van der Waals surface area contributed by atoms with Gasteiger partial charge in [0.1, 0.15) is 0 Å². The number of benzene rings is 1. The van der Waals surface area contributed by atoms with Crippen molar-refractivity contribution < 1.29 is 18.3 Å². The molecule has 0 aliphatic rings. The number of halogens is 3. The molecule has 3 nitrogen and oxygen atoms in total. The zero-order valence-corrected chi connectivity index (χ0v) is 11.9. The van der Waals surface area contributed by atoms with Crippen LogP contribution in [0.1, 0.15) is 16.7 Å².